The van der Waals surface area contributed by atoms with Gasteiger partial charge in [0.25, 0.3) is 0 Å². The first-order valence-electron chi connectivity index (χ1n) is 7.32. The fraction of sp³-hybridized carbons (Fsp3) is 0.800. The van der Waals surface area contributed by atoms with Gasteiger partial charge in [0.1, 0.15) is 0 Å². The summed E-state index contributed by atoms with van der Waals surface area (Å²) >= 11 is 0. The van der Waals surface area contributed by atoms with Crippen LogP contribution in [0, 0.1) is 5.41 Å². The highest BCUT2D eigenvalue weighted by molar-refractivity contribution is 6.55. The van der Waals surface area contributed by atoms with Crippen LogP contribution in [0.15, 0.2) is 11.5 Å². The summed E-state index contributed by atoms with van der Waals surface area (Å²) in [5.41, 5.74) is 0.622. The Balaban J connectivity index is 1.82. The summed E-state index contributed by atoms with van der Waals surface area (Å²) in [7, 11) is -0.341. The van der Waals surface area contributed by atoms with Crippen molar-refractivity contribution in [1.82, 2.24) is 0 Å². The lowest BCUT2D eigenvalue weighted by molar-refractivity contribution is -0.119. The summed E-state index contributed by atoms with van der Waals surface area (Å²) in [5.74, 6) is 0.246. The number of allylic oxidation sites excluding steroid dienone is 2. The van der Waals surface area contributed by atoms with Crippen molar-refractivity contribution < 1.29 is 14.1 Å². The number of rotatable bonds is 1. The molecule has 2 fully saturated rings. The van der Waals surface area contributed by atoms with Gasteiger partial charge in [0.15, 0.2) is 5.78 Å². The predicted molar refractivity (Wildman–Crippen MR) is 74.7 cm³/mol. The Hall–Kier alpha value is -0.605. The highest BCUT2D eigenvalue weighted by atomic mass is 16.7. The van der Waals surface area contributed by atoms with Gasteiger partial charge in [0.2, 0.25) is 0 Å². The van der Waals surface area contributed by atoms with Crippen molar-refractivity contribution in [3.8, 4) is 0 Å². The van der Waals surface area contributed by atoms with E-state index in [4.69, 9.17) is 9.31 Å². The molecule has 0 aromatic rings. The average Bonchev–Trinajstić information content (AvgIpc) is 2.45. The van der Waals surface area contributed by atoms with Crippen molar-refractivity contribution in [2.75, 3.05) is 0 Å². The standard InChI is InChI=1S/C15H23BO3/c1-13(2)14(3,4)19-16(18-13)11-8-12(17)10-15(9-11)6-5-7-15/h8H,5-7,9-10H2,1-4H3. The molecular weight excluding hydrogens is 239 g/mol. The van der Waals surface area contributed by atoms with Gasteiger partial charge in [0.05, 0.1) is 11.2 Å². The maximum Gasteiger partial charge on any atom is 0.490 e. The van der Waals surface area contributed by atoms with Crippen LogP contribution < -0.4 is 0 Å². The zero-order chi connectivity index (χ0) is 13.9. The topological polar surface area (TPSA) is 35.5 Å². The van der Waals surface area contributed by atoms with Gasteiger partial charge in [-0.05, 0) is 63.9 Å². The monoisotopic (exact) mass is 262 g/mol. The Morgan fingerprint density at radius 2 is 1.63 bits per heavy atom. The average molecular weight is 262 g/mol. The van der Waals surface area contributed by atoms with Crippen LogP contribution in [0.4, 0.5) is 0 Å². The SMILES string of the molecule is CC1(C)OB(C2=CC(=O)CC3(CCC3)C2)OC1(C)C. The zero-order valence-electron chi connectivity index (χ0n) is 12.4. The molecule has 4 heteroatoms. The highest BCUT2D eigenvalue weighted by Gasteiger charge is 2.54. The van der Waals surface area contributed by atoms with Crippen molar-refractivity contribution in [3.05, 3.63) is 11.5 Å². The zero-order valence-corrected chi connectivity index (χ0v) is 12.4. The molecule has 0 radical (unpaired) electrons. The van der Waals surface area contributed by atoms with E-state index in [1.165, 1.54) is 19.3 Å². The van der Waals surface area contributed by atoms with Gasteiger partial charge in [-0.25, -0.2) is 0 Å². The van der Waals surface area contributed by atoms with Crippen molar-refractivity contribution >= 4 is 12.9 Å². The molecular formula is C15H23BO3. The number of carbonyl (C=O) groups is 1. The third kappa shape index (κ3) is 2.09. The number of carbonyl (C=O) groups excluding carboxylic acids is 1. The molecule has 3 nitrogen and oxygen atoms in total. The minimum atomic E-state index is -0.341. The quantitative estimate of drug-likeness (QED) is 0.681. The van der Waals surface area contributed by atoms with E-state index >= 15 is 0 Å². The molecule has 3 aliphatic rings. The molecule has 1 saturated heterocycles. The Morgan fingerprint density at radius 1 is 1.05 bits per heavy atom. The van der Waals surface area contributed by atoms with Crippen LogP contribution in [-0.2, 0) is 14.1 Å². The minimum absolute atomic E-state index is 0.227. The van der Waals surface area contributed by atoms with E-state index in [0.717, 1.165) is 18.3 Å². The Bertz CT molecular complexity index is 430. The summed E-state index contributed by atoms with van der Waals surface area (Å²) in [6.45, 7) is 8.21. The van der Waals surface area contributed by atoms with Crippen molar-refractivity contribution in [3.63, 3.8) is 0 Å². The molecule has 0 amide bonds. The van der Waals surface area contributed by atoms with E-state index in [1.54, 1.807) is 6.08 Å². The molecule has 0 aromatic carbocycles. The molecule has 1 aliphatic heterocycles. The van der Waals surface area contributed by atoms with Crippen LogP contribution >= 0.6 is 0 Å². The predicted octanol–water partition coefficient (Wildman–Crippen LogP) is 3.08. The fourth-order valence-corrected chi connectivity index (χ4v) is 3.35. The fourth-order valence-electron chi connectivity index (χ4n) is 3.35. The highest BCUT2D eigenvalue weighted by Crippen LogP contribution is 2.52. The molecule has 1 spiro atoms. The van der Waals surface area contributed by atoms with Crippen molar-refractivity contribution in [2.24, 2.45) is 5.41 Å². The van der Waals surface area contributed by atoms with Crippen LogP contribution in [-0.4, -0.2) is 24.1 Å². The smallest absolute Gasteiger partial charge is 0.400 e. The van der Waals surface area contributed by atoms with Gasteiger partial charge in [-0.2, -0.15) is 0 Å². The van der Waals surface area contributed by atoms with Crippen molar-refractivity contribution in [2.45, 2.75) is 71.0 Å². The molecule has 0 N–H and O–H groups in total. The van der Waals surface area contributed by atoms with Crippen LogP contribution in [0.1, 0.15) is 59.8 Å². The number of hydrogen-bond donors (Lipinski definition) is 0. The summed E-state index contributed by atoms with van der Waals surface area (Å²) in [6, 6.07) is 0. The van der Waals surface area contributed by atoms with Gasteiger partial charge >= 0.3 is 7.12 Å². The third-order valence-corrected chi connectivity index (χ3v) is 5.44. The maximum absolute atomic E-state index is 12.0. The first-order valence-corrected chi connectivity index (χ1v) is 7.32. The lowest BCUT2D eigenvalue weighted by Gasteiger charge is -2.44. The summed E-state index contributed by atoms with van der Waals surface area (Å²) < 4.78 is 12.1. The van der Waals surface area contributed by atoms with Gasteiger partial charge in [-0.1, -0.05) is 6.42 Å². The van der Waals surface area contributed by atoms with Gasteiger partial charge in [-0.3, -0.25) is 4.79 Å². The first-order chi connectivity index (χ1) is 8.73. The largest absolute Gasteiger partial charge is 0.490 e. The molecule has 19 heavy (non-hydrogen) atoms. The van der Waals surface area contributed by atoms with Crippen LogP contribution in [0.25, 0.3) is 0 Å². The van der Waals surface area contributed by atoms with E-state index < -0.39 is 0 Å². The van der Waals surface area contributed by atoms with Crippen LogP contribution in [0.2, 0.25) is 0 Å². The van der Waals surface area contributed by atoms with E-state index in [1.807, 2.05) is 0 Å². The molecule has 104 valence electrons. The van der Waals surface area contributed by atoms with E-state index in [9.17, 15) is 4.79 Å². The number of hydrogen-bond acceptors (Lipinski definition) is 3. The molecule has 0 atom stereocenters. The van der Waals surface area contributed by atoms with Gasteiger partial charge < -0.3 is 9.31 Å². The maximum atomic E-state index is 12.0. The van der Waals surface area contributed by atoms with Gasteiger partial charge in [-0.15, -0.1) is 0 Å². The Kier molecular flexibility index (Phi) is 2.78. The molecule has 1 heterocycles. The molecule has 2 aliphatic carbocycles. The second-order valence-corrected chi connectivity index (χ2v) is 7.48. The summed E-state index contributed by atoms with van der Waals surface area (Å²) in [5, 5.41) is 0. The molecule has 0 unspecified atom stereocenters. The lowest BCUT2D eigenvalue weighted by Crippen LogP contribution is -2.41. The van der Waals surface area contributed by atoms with E-state index in [-0.39, 0.29) is 29.5 Å². The van der Waals surface area contributed by atoms with Crippen LogP contribution in [0.3, 0.4) is 0 Å². The second-order valence-electron chi connectivity index (χ2n) is 7.48. The molecule has 0 aromatic heterocycles. The molecule has 1 saturated carbocycles. The van der Waals surface area contributed by atoms with Gasteiger partial charge in [0, 0.05) is 6.42 Å². The first kappa shape index (κ1) is 13.4. The Labute approximate surface area is 115 Å². The van der Waals surface area contributed by atoms with E-state index in [0.29, 0.717) is 0 Å². The minimum Gasteiger partial charge on any atom is -0.400 e. The van der Waals surface area contributed by atoms with Crippen LogP contribution in [0.5, 0.6) is 0 Å². The summed E-state index contributed by atoms with van der Waals surface area (Å²) in [6.07, 6.45) is 7.06. The second kappa shape index (κ2) is 3.95. The lowest BCUT2D eigenvalue weighted by atomic mass is 9.55. The molecule has 0 bridgehead atoms. The van der Waals surface area contributed by atoms with E-state index in [2.05, 4.69) is 27.7 Å². The summed E-state index contributed by atoms with van der Waals surface area (Å²) in [4.78, 5) is 12.0. The third-order valence-electron chi connectivity index (χ3n) is 5.44. The van der Waals surface area contributed by atoms with Crippen molar-refractivity contribution in [1.29, 1.82) is 0 Å². The number of ketones is 1. The normalized spacial score (nSPS) is 31.3. The molecule has 3 rings (SSSR count). The Morgan fingerprint density at radius 3 is 2.11 bits per heavy atom.